The average molecular weight is 254 g/mol. The van der Waals surface area contributed by atoms with Gasteiger partial charge in [-0.15, -0.1) is 0 Å². The predicted molar refractivity (Wildman–Crippen MR) is 50.8 cm³/mol. The Morgan fingerprint density at radius 1 is 1.29 bits per heavy atom. The first kappa shape index (κ1) is 12.5. The van der Waals surface area contributed by atoms with Crippen molar-refractivity contribution in [3.05, 3.63) is 22.8 Å². The first-order chi connectivity index (χ1) is 7.73. The van der Waals surface area contributed by atoms with Crippen LogP contribution in [-0.2, 0) is 4.74 Å². The molecule has 2 rings (SSSR count). The third kappa shape index (κ3) is 2.10. The van der Waals surface area contributed by atoms with Crippen molar-refractivity contribution in [1.29, 1.82) is 0 Å². The van der Waals surface area contributed by atoms with Crippen molar-refractivity contribution >= 4 is 0 Å². The molecule has 2 aliphatic rings. The highest BCUT2D eigenvalue weighted by Crippen LogP contribution is 2.46. The van der Waals surface area contributed by atoms with Crippen molar-refractivity contribution in [3.8, 4) is 0 Å². The summed E-state index contributed by atoms with van der Waals surface area (Å²) in [6.45, 7) is 1.37. The van der Waals surface area contributed by atoms with Gasteiger partial charge in [0, 0.05) is 5.57 Å². The van der Waals surface area contributed by atoms with E-state index in [9.17, 15) is 22.0 Å². The molecule has 6 heteroatoms. The van der Waals surface area contributed by atoms with E-state index < -0.39 is 30.4 Å². The zero-order valence-corrected chi connectivity index (χ0v) is 9.07. The zero-order chi connectivity index (χ0) is 12.8. The summed E-state index contributed by atoms with van der Waals surface area (Å²) in [5, 5.41) is 0. The second-order valence-corrected chi connectivity index (χ2v) is 4.35. The van der Waals surface area contributed by atoms with Gasteiger partial charge in [0.15, 0.2) is 0 Å². The van der Waals surface area contributed by atoms with Gasteiger partial charge in [-0.05, 0) is 25.3 Å². The SMILES string of the molecule is CC1=CC2=C(CC1)C(F)(F)C(C(F)(F)F)OC2. The van der Waals surface area contributed by atoms with Gasteiger partial charge in [0.2, 0.25) is 6.10 Å². The highest BCUT2D eigenvalue weighted by molar-refractivity contribution is 5.39. The van der Waals surface area contributed by atoms with Crippen LogP contribution in [0.4, 0.5) is 22.0 Å². The number of allylic oxidation sites excluding steroid dienone is 1. The van der Waals surface area contributed by atoms with Crippen molar-refractivity contribution in [1.82, 2.24) is 0 Å². The van der Waals surface area contributed by atoms with Crippen molar-refractivity contribution in [2.75, 3.05) is 6.61 Å². The van der Waals surface area contributed by atoms with E-state index in [2.05, 4.69) is 4.74 Å². The number of hydrogen-bond acceptors (Lipinski definition) is 1. The summed E-state index contributed by atoms with van der Waals surface area (Å²) in [6, 6.07) is 0. The molecule has 0 bridgehead atoms. The molecular weight excluding hydrogens is 243 g/mol. The second-order valence-electron chi connectivity index (χ2n) is 4.35. The van der Waals surface area contributed by atoms with Gasteiger partial charge >= 0.3 is 12.1 Å². The monoisotopic (exact) mass is 254 g/mol. The summed E-state index contributed by atoms with van der Waals surface area (Å²) in [5.74, 6) is -3.96. The summed E-state index contributed by atoms with van der Waals surface area (Å²) in [6.07, 6.45) is -6.21. The molecule has 1 atom stereocenters. The van der Waals surface area contributed by atoms with E-state index in [-0.39, 0.29) is 12.0 Å². The first-order valence-electron chi connectivity index (χ1n) is 5.18. The highest BCUT2D eigenvalue weighted by Gasteiger charge is 2.60. The third-order valence-corrected chi connectivity index (χ3v) is 3.01. The molecule has 0 aromatic carbocycles. The first-order valence-corrected chi connectivity index (χ1v) is 5.18. The lowest BCUT2D eigenvalue weighted by atomic mass is 9.85. The van der Waals surface area contributed by atoms with Gasteiger partial charge in [-0.2, -0.15) is 22.0 Å². The van der Waals surface area contributed by atoms with E-state index in [4.69, 9.17) is 0 Å². The highest BCUT2D eigenvalue weighted by atomic mass is 19.4. The molecule has 0 fully saturated rings. The molecule has 0 N–H and O–H groups in total. The third-order valence-electron chi connectivity index (χ3n) is 3.01. The fraction of sp³-hybridized carbons (Fsp3) is 0.636. The molecule has 1 aliphatic carbocycles. The normalized spacial score (nSPS) is 28.8. The van der Waals surface area contributed by atoms with Crippen LogP contribution in [0.5, 0.6) is 0 Å². The number of hydrogen-bond donors (Lipinski definition) is 0. The van der Waals surface area contributed by atoms with Crippen LogP contribution in [0.2, 0.25) is 0 Å². The van der Waals surface area contributed by atoms with Crippen LogP contribution in [0.25, 0.3) is 0 Å². The van der Waals surface area contributed by atoms with Crippen LogP contribution in [0.1, 0.15) is 19.8 Å². The van der Waals surface area contributed by atoms with Gasteiger partial charge in [0.25, 0.3) is 0 Å². The maximum Gasteiger partial charge on any atom is 0.420 e. The van der Waals surface area contributed by atoms with E-state index in [0.717, 1.165) is 5.57 Å². The second kappa shape index (κ2) is 3.80. The van der Waals surface area contributed by atoms with Crippen molar-refractivity contribution in [3.63, 3.8) is 0 Å². The standard InChI is InChI=1S/C11H11F5O/c1-6-2-3-8-7(4-6)5-17-9(10(8,12)13)11(14,15)16/h4,9H,2-3,5H2,1H3. The lowest BCUT2D eigenvalue weighted by Gasteiger charge is -2.37. The predicted octanol–water partition coefficient (Wildman–Crippen LogP) is 3.62. The van der Waals surface area contributed by atoms with E-state index in [1.807, 2.05) is 0 Å². The topological polar surface area (TPSA) is 9.23 Å². The Hall–Kier alpha value is -0.910. The number of rotatable bonds is 0. The number of halogens is 5. The largest absolute Gasteiger partial charge is 0.420 e. The lowest BCUT2D eigenvalue weighted by Crippen LogP contribution is -2.51. The Kier molecular flexibility index (Phi) is 2.80. The lowest BCUT2D eigenvalue weighted by molar-refractivity contribution is -0.278. The molecule has 17 heavy (non-hydrogen) atoms. The molecule has 0 spiro atoms. The molecule has 0 aromatic rings. The summed E-state index contributed by atoms with van der Waals surface area (Å²) in [5.41, 5.74) is 0.657. The minimum Gasteiger partial charge on any atom is -0.358 e. The van der Waals surface area contributed by atoms with Crippen molar-refractivity contribution in [2.24, 2.45) is 0 Å². The van der Waals surface area contributed by atoms with Gasteiger partial charge < -0.3 is 4.74 Å². The fourth-order valence-electron chi connectivity index (χ4n) is 2.19. The number of alkyl halides is 5. The van der Waals surface area contributed by atoms with Crippen LogP contribution in [-0.4, -0.2) is 24.8 Å². The van der Waals surface area contributed by atoms with Gasteiger partial charge in [0.1, 0.15) is 0 Å². The minimum absolute atomic E-state index is 0.0272. The van der Waals surface area contributed by atoms with Gasteiger partial charge in [-0.3, -0.25) is 0 Å². The van der Waals surface area contributed by atoms with Gasteiger partial charge in [-0.1, -0.05) is 11.6 Å². The summed E-state index contributed by atoms with van der Waals surface area (Å²) in [7, 11) is 0. The molecule has 0 saturated heterocycles. The summed E-state index contributed by atoms with van der Waals surface area (Å²) < 4.78 is 69.0. The maximum atomic E-state index is 13.7. The molecular formula is C11H11F5O. The zero-order valence-electron chi connectivity index (χ0n) is 9.07. The molecule has 0 amide bonds. The molecule has 0 aromatic heterocycles. The van der Waals surface area contributed by atoms with Gasteiger partial charge in [-0.25, -0.2) is 0 Å². The van der Waals surface area contributed by atoms with Crippen LogP contribution in [0.15, 0.2) is 22.8 Å². The van der Waals surface area contributed by atoms with E-state index in [1.54, 1.807) is 6.92 Å². The molecule has 1 unspecified atom stereocenters. The summed E-state index contributed by atoms with van der Waals surface area (Å²) in [4.78, 5) is 0. The maximum absolute atomic E-state index is 13.7. The summed E-state index contributed by atoms with van der Waals surface area (Å²) >= 11 is 0. The molecule has 1 heterocycles. The van der Waals surface area contributed by atoms with Crippen LogP contribution < -0.4 is 0 Å². The Labute approximate surface area is 94.9 Å². The molecule has 96 valence electrons. The van der Waals surface area contributed by atoms with Crippen LogP contribution >= 0.6 is 0 Å². The minimum atomic E-state index is -5.04. The molecule has 0 saturated carbocycles. The van der Waals surface area contributed by atoms with E-state index >= 15 is 0 Å². The fourth-order valence-corrected chi connectivity index (χ4v) is 2.19. The average Bonchev–Trinajstić information content (AvgIpc) is 2.14. The van der Waals surface area contributed by atoms with Crippen LogP contribution in [0.3, 0.4) is 0 Å². The van der Waals surface area contributed by atoms with Crippen LogP contribution in [0, 0.1) is 0 Å². The molecule has 0 radical (unpaired) electrons. The molecule has 1 nitrogen and oxygen atoms in total. The number of ether oxygens (including phenoxy) is 1. The van der Waals surface area contributed by atoms with Gasteiger partial charge in [0.05, 0.1) is 6.61 Å². The Bertz CT molecular complexity index is 391. The Balaban J connectivity index is 2.40. The Morgan fingerprint density at radius 2 is 1.94 bits per heavy atom. The van der Waals surface area contributed by atoms with Crippen molar-refractivity contribution in [2.45, 2.75) is 38.0 Å². The van der Waals surface area contributed by atoms with E-state index in [0.29, 0.717) is 6.42 Å². The van der Waals surface area contributed by atoms with Crippen molar-refractivity contribution < 1.29 is 26.7 Å². The Morgan fingerprint density at radius 3 is 2.53 bits per heavy atom. The quantitative estimate of drug-likeness (QED) is 0.600. The smallest absolute Gasteiger partial charge is 0.358 e. The molecule has 1 aliphatic heterocycles. The van der Waals surface area contributed by atoms with E-state index in [1.165, 1.54) is 6.08 Å².